The van der Waals surface area contributed by atoms with E-state index in [4.69, 9.17) is 0 Å². The number of aromatic nitrogens is 2. The molecule has 0 unspecified atom stereocenters. The maximum Gasteiger partial charge on any atom is 0.251 e. The molecule has 2 heterocycles. The third-order valence-electron chi connectivity index (χ3n) is 3.12. The van der Waals surface area contributed by atoms with Gasteiger partial charge in [-0.25, -0.2) is 0 Å². The summed E-state index contributed by atoms with van der Waals surface area (Å²) in [5.41, 5.74) is 3.00. The van der Waals surface area contributed by atoms with Gasteiger partial charge in [0.15, 0.2) is 5.82 Å². The summed E-state index contributed by atoms with van der Waals surface area (Å²) in [6, 6.07) is 5.75. The van der Waals surface area contributed by atoms with E-state index in [1.165, 1.54) is 12.0 Å². The molecule has 0 saturated heterocycles. The molecular weight excluding hydrogens is 244 g/mol. The van der Waals surface area contributed by atoms with Crippen LogP contribution in [0.4, 0.5) is 5.69 Å². The summed E-state index contributed by atoms with van der Waals surface area (Å²) in [4.78, 5) is 15.9. The monoisotopic (exact) mass is 258 g/mol. The van der Waals surface area contributed by atoms with Gasteiger partial charge in [0.25, 0.3) is 5.91 Å². The summed E-state index contributed by atoms with van der Waals surface area (Å²) in [7, 11) is 0. The average Bonchev–Trinajstić information content (AvgIpc) is 3.08. The van der Waals surface area contributed by atoms with Gasteiger partial charge in [0, 0.05) is 30.8 Å². The normalized spacial score (nSPS) is 12.8. The lowest BCUT2D eigenvalue weighted by Gasteiger charge is -2.06. The van der Waals surface area contributed by atoms with Gasteiger partial charge in [-0.15, -0.1) is 0 Å². The minimum atomic E-state index is -0.0833. The van der Waals surface area contributed by atoms with Crippen LogP contribution < -0.4 is 10.6 Å². The number of fused-ring (bicyclic) bond motifs is 1. The molecule has 2 aromatic rings. The summed E-state index contributed by atoms with van der Waals surface area (Å²) in [5.74, 6) is 0.510. The first-order valence-electron chi connectivity index (χ1n) is 6.23. The lowest BCUT2D eigenvalue weighted by molar-refractivity contribution is 0.0954. The van der Waals surface area contributed by atoms with Crippen LogP contribution in [0.1, 0.15) is 21.7 Å². The van der Waals surface area contributed by atoms with E-state index in [0.29, 0.717) is 24.4 Å². The third-order valence-corrected chi connectivity index (χ3v) is 3.12. The quantitative estimate of drug-likeness (QED) is 0.855. The van der Waals surface area contributed by atoms with Crippen molar-refractivity contribution in [2.45, 2.75) is 12.8 Å². The molecule has 0 saturated carbocycles. The maximum atomic E-state index is 12.0. The number of nitrogens with zero attached hydrogens (tertiary/aromatic N) is 2. The van der Waals surface area contributed by atoms with E-state index in [1.54, 1.807) is 0 Å². The number of hydrogen-bond acceptors (Lipinski definition) is 5. The van der Waals surface area contributed by atoms with E-state index >= 15 is 0 Å². The Balaban J connectivity index is 1.58. The van der Waals surface area contributed by atoms with E-state index in [0.717, 1.165) is 18.7 Å². The molecule has 2 N–H and O–H groups in total. The molecule has 1 aliphatic heterocycles. The van der Waals surface area contributed by atoms with Crippen LogP contribution in [-0.4, -0.2) is 29.1 Å². The van der Waals surface area contributed by atoms with Gasteiger partial charge in [0.2, 0.25) is 6.39 Å². The molecule has 1 aromatic heterocycles. The van der Waals surface area contributed by atoms with Gasteiger partial charge >= 0.3 is 0 Å². The number of nitrogens with one attached hydrogen (secondary N) is 2. The largest absolute Gasteiger partial charge is 0.384 e. The molecule has 6 nitrogen and oxygen atoms in total. The van der Waals surface area contributed by atoms with Crippen LogP contribution in [0.3, 0.4) is 0 Å². The first-order valence-corrected chi connectivity index (χ1v) is 6.23. The van der Waals surface area contributed by atoms with Crippen LogP contribution in [0.25, 0.3) is 0 Å². The highest BCUT2D eigenvalue weighted by Gasteiger charge is 2.13. The second-order valence-electron chi connectivity index (χ2n) is 4.40. The van der Waals surface area contributed by atoms with Crippen molar-refractivity contribution in [3.05, 3.63) is 41.5 Å². The average molecular weight is 258 g/mol. The Labute approximate surface area is 110 Å². The zero-order valence-corrected chi connectivity index (χ0v) is 10.3. The molecule has 0 aliphatic carbocycles. The number of rotatable bonds is 4. The number of hydrogen-bond donors (Lipinski definition) is 2. The van der Waals surface area contributed by atoms with Crippen molar-refractivity contribution in [3.63, 3.8) is 0 Å². The van der Waals surface area contributed by atoms with E-state index < -0.39 is 0 Å². The molecule has 1 aromatic carbocycles. The minimum Gasteiger partial charge on any atom is -0.384 e. The lowest BCUT2D eigenvalue weighted by atomic mass is 10.1. The van der Waals surface area contributed by atoms with Crippen molar-refractivity contribution >= 4 is 11.6 Å². The van der Waals surface area contributed by atoms with Crippen LogP contribution >= 0.6 is 0 Å². The van der Waals surface area contributed by atoms with Gasteiger partial charge < -0.3 is 15.2 Å². The highest BCUT2D eigenvalue weighted by atomic mass is 16.5. The third kappa shape index (κ3) is 2.57. The topological polar surface area (TPSA) is 80.1 Å². The van der Waals surface area contributed by atoms with Gasteiger partial charge in [-0.1, -0.05) is 11.2 Å². The first kappa shape index (κ1) is 11.7. The molecule has 0 spiro atoms. The van der Waals surface area contributed by atoms with E-state index in [1.807, 2.05) is 18.2 Å². The first-order chi connectivity index (χ1) is 9.33. The standard InChI is InChI=1S/C13H14N4O2/c18-13(15-6-4-12-16-8-19-17-12)10-2-1-9-3-5-14-11(9)7-10/h1-2,7-8,14H,3-6H2,(H,15,18). The van der Waals surface area contributed by atoms with Gasteiger partial charge in [-0.3, -0.25) is 4.79 Å². The molecule has 3 rings (SSSR count). The Kier molecular flexibility index (Phi) is 3.14. The Bertz CT molecular complexity index is 580. The predicted octanol–water partition coefficient (Wildman–Crippen LogP) is 1.01. The highest BCUT2D eigenvalue weighted by molar-refractivity contribution is 5.95. The molecular formula is C13H14N4O2. The van der Waals surface area contributed by atoms with Crippen LogP contribution in [0.5, 0.6) is 0 Å². The Hall–Kier alpha value is -2.37. The van der Waals surface area contributed by atoms with Crippen molar-refractivity contribution in [1.82, 2.24) is 15.5 Å². The summed E-state index contributed by atoms with van der Waals surface area (Å²) in [6.45, 7) is 1.43. The molecule has 0 bridgehead atoms. The van der Waals surface area contributed by atoms with Gasteiger partial charge in [0.1, 0.15) is 0 Å². The van der Waals surface area contributed by atoms with Gasteiger partial charge in [-0.2, -0.15) is 4.98 Å². The maximum absolute atomic E-state index is 12.0. The summed E-state index contributed by atoms with van der Waals surface area (Å²) in [6.07, 6.45) is 2.86. The molecule has 1 amide bonds. The number of carbonyl (C=O) groups is 1. The molecule has 0 radical (unpaired) electrons. The van der Waals surface area contributed by atoms with Crippen LogP contribution in [0.15, 0.2) is 29.1 Å². The predicted molar refractivity (Wildman–Crippen MR) is 69.0 cm³/mol. The second kappa shape index (κ2) is 5.09. The molecule has 1 aliphatic rings. The van der Waals surface area contributed by atoms with Crippen LogP contribution in [-0.2, 0) is 12.8 Å². The summed E-state index contributed by atoms with van der Waals surface area (Å²) < 4.78 is 4.62. The molecule has 6 heteroatoms. The van der Waals surface area contributed by atoms with Crippen molar-refractivity contribution in [2.75, 3.05) is 18.4 Å². The van der Waals surface area contributed by atoms with E-state index in [-0.39, 0.29) is 5.91 Å². The van der Waals surface area contributed by atoms with Crippen LogP contribution in [0.2, 0.25) is 0 Å². The number of amides is 1. The van der Waals surface area contributed by atoms with Gasteiger partial charge in [-0.05, 0) is 24.1 Å². The molecule has 19 heavy (non-hydrogen) atoms. The number of benzene rings is 1. The number of anilines is 1. The Morgan fingerprint density at radius 3 is 3.26 bits per heavy atom. The van der Waals surface area contributed by atoms with E-state index in [2.05, 4.69) is 25.3 Å². The van der Waals surface area contributed by atoms with Crippen molar-refractivity contribution < 1.29 is 9.32 Å². The molecule has 0 atom stereocenters. The second-order valence-corrected chi connectivity index (χ2v) is 4.40. The fraction of sp³-hybridized carbons (Fsp3) is 0.308. The zero-order valence-electron chi connectivity index (χ0n) is 10.3. The fourth-order valence-corrected chi connectivity index (χ4v) is 2.12. The minimum absolute atomic E-state index is 0.0833. The smallest absolute Gasteiger partial charge is 0.251 e. The van der Waals surface area contributed by atoms with Gasteiger partial charge in [0.05, 0.1) is 0 Å². The summed E-state index contributed by atoms with van der Waals surface area (Å²) in [5, 5.41) is 9.79. The van der Waals surface area contributed by atoms with Crippen molar-refractivity contribution in [3.8, 4) is 0 Å². The lowest BCUT2D eigenvalue weighted by Crippen LogP contribution is -2.26. The SMILES string of the molecule is O=C(NCCc1ncon1)c1ccc2c(c1)NCC2. The summed E-state index contributed by atoms with van der Waals surface area (Å²) >= 11 is 0. The molecule has 98 valence electrons. The van der Waals surface area contributed by atoms with E-state index in [9.17, 15) is 4.79 Å². The fourth-order valence-electron chi connectivity index (χ4n) is 2.12. The Morgan fingerprint density at radius 1 is 1.47 bits per heavy atom. The number of carbonyl (C=O) groups excluding carboxylic acids is 1. The highest BCUT2D eigenvalue weighted by Crippen LogP contribution is 2.22. The molecule has 0 fully saturated rings. The zero-order chi connectivity index (χ0) is 13.1. The van der Waals surface area contributed by atoms with Crippen molar-refractivity contribution in [1.29, 1.82) is 0 Å². The van der Waals surface area contributed by atoms with Crippen molar-refractivity contribution in [2.24, 2.45) is 0 Å². The van der Waals surface area contributed by atoms with Crippen LogP contribution in [0, 0.1) is 0 Å². The Morgan fingerprint density at radius 2 is 2.42 bits per heavy atom.